The highest BCUT2D eigenvalue weighted by atomic mass is 32.1. The zero-order chi connectivity index (χ0) is 8.39. The van der Waals surface area contributed by atoms with Crippen LogP contribution >= 0.6 is 12.6 Å². The van der Waals surface area contributed by atoms with Crippen molar-refractivity contribution in [2.24, 2.45) is 0 Å². The summed E-state index contributed by atoms with van der Waals surface area (Å²) in [6, 6.07) is 8.35. The quantitative estimate of drug-likeness (QED) is 0.724. The molecule has 0 unspecified atom stereocenters. The van der Waals surface area contributed by atoms with Gasteiger partial charge in [-0.15, -0.1) is 0 Å². The Morgan fingerprint density at radius 1 is 1.25 bits per heavy atom. The number of benzene rings is 1. The lowest BCUT2D eigenvalue weighted by Gasteiger charge is -1.93. The minimum Gasteiger partial charge on any atom is -0.364 e. The number of aryl methyl sites for hydroxylation is 1. The van der Waals surface area contributed by atoms with E-state index in [0.717, 1.165) is 12.2 Å². The third-order valence-corrected chi connectivity index (χ3v) is 2.24. The summed E-state index contributed by atoms with van der Waals surface area (Å²) in [6.45, 7) is 0. The number of rotatable bonds is 2. The highest BCUT2D eigenvalue weighted by molar-refractivity contribution is 7.80. The standard InChI is InChI=1S/C10H10NS/c12-6-5-10-9-4-2-1-3-8(9)7-11-10/h1-4,7,11H,5-6H2. The Labute approximate surface area is 77.2 Å². The maximum absolute atomic E-state index is 4.94. The Bertz CT molecular complexity index is 378. The van der Waals surface area contributed by atoms with E-state index in [0.29, 0.717) is 0 Å². The number of hydrogen-bond donors (Lipinski definition) is 1. The van der Waals surface area contributed by atoms with Gasteiger partial charge in [-0.1, -0.05) is 36.9 Å². The first-order chi connectivity index (χ1) is 5.92. The second kappa shape index (κ2) is 3.23. The zero-order valence-corrected chi connectivity index (χ0v) is 7.53. The van der Waals surface area contributed by atoms with Gasteiger partial charge in [0.05, 0.1) is 0 Å². The summed E-state index contributed by atoms with van der Waals surface area (Å²) in [6.07, 6.45) is 3.00. The minimum atomic E-state index is 0.782. The first kappa shape index (κ1) is 7.74. The summed E-state index contributed by atoms with van der Waals surface area (Å²) in [5.41, 5.74) is 1.26. The highest BCUT2D eigenvalue weighted by Gasteiger charge is 2.00. The first-order valence-corrected chi connectivity index (χ1v) is 4.62. The molecule has 1 N–H and O–H groups in total. The fourth-order valence-corrected chi connectivity index (χ4v) is 1.65. The van der Waals surface area contributed by atoms with Crippen LogP contribution in [0.5, 0.6) is 0 Å². The molecule has 0 aliphatic heterocycles. The third kappa shape index (κ3) is 1.23. The van der Waals surface area contributed by atoms with Gasteiger partial charge in [0, 0.05) is 23.0 Å². The molecule has 0 aliphatic rings. The van der Waals surface area contributed by atoms with Gasteiger partial charge in [-0.3, -0.25) is 0 Å². The summed E-state index contributed by atoms with van der Waals surface area (Å²) >= 11 is 4.94. The molecule has 2 rings (SSSR count). The lowest BCUT2D eigenvalue weighted by molar-refractivity contribution is 1.09. The van der Waals surface area contributed by atoms with Crippen LogP contribution in [-0.4, -0.2) is 10.7 Å². The van der Waals surface area contributed by atoms with Crippen molar-refractivity contribution in [1.82, 2.24) is 4.98 Å². The molecule has 1 aromatic carbocycles. The number of nitrogens with one attached hydrogen (secondary N) is 1. The number of hydrogen-bond acceptors (Lipinski definition) is 0. The van der Waals surface area contributed by atoms with Crippen molar-refractivity contribution in [1.29, 1.82) is 0 Å². The molecule has 0 spiro atoms. The number of aromatic nitrogens is 1. The highest BCUT2D eigenvalue weighted by Crippen LogP contribution is 2.17. The van der Waals surface area contributed by atoms with Crippen LogP contribution in [0.3, 0.4) is 0 Å². The molecule has 1 radical (unpaired) electrons. The second-order valence-corrected chi connectivity index (χ2v) is 3.22. The minimum absolute atomic E-state index is 0.782. The van der Waals surface area contributed by atoms with Gasteiger partial charge in [0.15, 0.2) is 0 Å². The molecule has 0 amide bonds. The third-order valence-electron chi connectivity index (χ3n) is 2.04. The summed E-state index contributed by atoms with van der Waals surface area (Å²) in [5, 5.41) is 2.58. The first-order valence-electron chi connectivity index (χ1n) is 4.05. The molecular weight excluding hydrogens is 166 g/mol. The van der Waals surface area contributed by atoms with Crippen LogP contribution in [0.4, 0.5) is 0 Å². The Hall–Kier alpha value is -0.890. The Morgan fingerprint density at radius 3 is 2.92 bits per heavy atom. The molecule has 0 atom stereocenters. The molecule has 1 nitrogen and oxygen atoms in total. The van der Waals surface area contributed by atoms with E-state index in [1.807, 2.05) is 12.3 Å². The lowest BCUT2D eigenvalue weighted by Crippen LogP contribution is -1.85. The maximum atomic E-state index is 4.94. The van der Waals surface area contributed by atoms with Crippen molar-refractivity contribution < 1.29 is 0 Å². The van der Waals surface area contributed by atoms with E-state index in [2.05, 4.69) is 23.2 Å². The topological polar surface area (TPSA) is 15.8 Å². The Kier molecular flexibility index (Phi) is 2.09. The SMILES string of the molecule is [S]CCc1[nH]cc2ccccc12. The van der Waals surface area contributed by atoms with Gasteiger partial charge in [0.2, 0.25) is 0 Å². The molecule has 0 saturated carbocycles. The normalized spacial score (nSPS) is 10.8. The number of H-pyrrole nitrogens is 1. The lowest BCUT2D eigenvalue weighted by atomic mass is 10.1. The van der Waals surface area contributed by atoms with E-state index >= 15 is 0 Å². The molecule has 1 heterocycles. The largest absolute Gasteiger partial charge is 0.364 e. The van der Waals surface area contributed by atoms with Crippen LogP contribution in [0.2, 0.25) is 0 Å². The van der Waals surface area contributed by atoms with Crippen molar-refractivity contribution in [2.75, 3.05) is 5.75 Å². The Balaban J connectivity index is 2.55. The van der Waals surface area contributed by atoms with Crippen molar-refractivity contribution in [2.45, 2.75) is 6.42 Å². The smallest absolute Gasteiger partial charge is 0.0235 e. The van der Waals surface area contributed by atoms with Gasteiger partial charge in [-0.25, -0.2) is 0 Å². The van der Waals surface area contributed by atoms with Crippen LogP contribution in [0, 0.1) is 0 Å². The van der Waals surface area contributed by atoms with E-state index in [1.54, 1.807) is 0 Å². The van der Waals surface area contributed by atoms with E-state index in [1.165, 1.54) is 16.5 Å². The van der Waals surface area contributed by atoms with Crippen LogP contribution in [0.25, 0.3) is 10.8 Å². The van der Waals surface area contributed by atoms with E-state index < -0.39 is 0 Å². The van der Waals surface area contributed by atoms with Gasteiger partial charge < -0.3 is 4.98 Å². The fraction of sp³-hybridized carbons (Fsp3) is 0.200. The maximum Gasteiger partial charge on any atom is 0.0235 e. The summed E-state index contributed by atoms with van der Waals surface area (Å²) in [4.78, 5) is 3.25. The van der Waals surface area contributed by atoms with Crippen LogP contribution in [-0.2, 0) is 6.42 Å². The average molecular weight is 176 g/mol. The average Bonchev–Trinajstić information content (AvgIpc) is 2.50. The second-order valence-electron chi connectivity index (χ2n) is 2.81. The molecule has 2 aromatic rings. The van der Waals surface area contributed by atoms with Gasteiger partial charge in [0.1, 0.15) is 0 Å². The number of aromatic amines is 1. The molecule has 2 heteroatoms. The van der Waals surface area contributed by atoms with Gasteiger partial charge in [-0.05, 0) is 11.8 Å². The molecule has 61 valence electrons. The van der Waals surface area contributed by atoms with E-state index in [9.17, 15) is 0 Å². The summed E-state index contributed by atoms with van der Waals surface area (Å²) in [5.74, 6) is 0.782. The van der Waals surface area contributed by atoms with Crippen LogP contribution < -0.4 is 0 Å². The van der Waals surface area contributed by atoms with Gasteiger partial charge >= 0.3 is 0 Å². The fourth-order valence-electron chi connectivity index (χ4n) is 1.45. The van der Waals surface area contributed by atoms with E-state index in [4.69, 9.17) is 12.6 Å². The molecular formula is C10H10NS. The predicted molar refractivity (Wildman–Crippen MR) is 54.5 cm³/mol. The van der Waals surface area contributed by atoms with Crippen molar-refractivity contribution in [3.63, 3.8) is 0 Å². The summed E-state index contributed by atoms with van der Waals surface area (Å²) < 4.78 is 0. The molecule has 12 heavy (non-hydrogen) atoms. The van der Waals surface area contributed by atoms with Crippen molar-refractivity contribution >= 4 is 23.4 Å². The van der Waals surface area contributed by atoms with Gasteiger partial charge in [0.25, 0.3) is 0 Å². The molecule has 1 aromatic heterocycles. The molecule has 0 bridgehead atoms. The van der Waals surface area contributed by atoms with Gasteiger partial charge in [-0.2, -0.15) is 0 Å². The van der Waals surface area contributed by atoms with Crippen LogP contribution in [0.15, 0.2) is 30.5 Å². The molecule has 0 fully saturated rings. The monoisotopic (exact) mass is 176 g/mol. The molecule has 0 saturated heterocycles. The Morgan fingerprint density at radius 2 is 2.08 bits per heavy atom. The van der Waals surface area contributed by atoms with Crippen molar-refractivity contribution in [3.8, 4) is 0 Å². The zero-order valence-electron chi connectivity index (χ0n) is 6.71. The van der Waals surface area contributed by atoms with E-state index in [-0.39, 0.29) is 0 Å². The molecule has 0 aliphatic carbocycles. The number of fused-ring (bicyclic) bond motifs is 1. The van der Waals surface area contributed by atoms with Crippen LogP contribution in [0.1, 0.15) is 5.69 Å². The van der Waals surface area contributed by atoms with Crippen molar-refractivity contribution in [3.05, 3.63) is 36.2 Å². The predicted octanol–water partition coefficient (Wildman–Crippen LogP) is 2.91. The summed E-state index contributed by atoms with van der Waals surface area (Å²) in [7, 11) is 0.